The Morgan fingerprint density at radius 3 is 2.16 bits per heavy atom. The summed E-state index contributed by atoms with van der Waals surface area (Å²) in [5, 5.41) is 8.88. The highest BCUT2D eigenvalue weighted by atomic mass is 32.2. The molecule has 0 saturated carbocycles. The molecule has 1 atom stereocenters. The predicted molar refractivity (Wildman–Crippen MR) is 206 cm³/mol. The smallest absolute Gasteiger partial charge is 0.145 e. The van der Waals surface area contributed by atoms with Crippen molar-refractivity contribution < 1.29 is 0 Å². The van der Waals surface area contributed by atoms with Gasteiger partial charge in [-0.2, -0.15) is 0 Å². The van der Waals surface area contributed by atoms with Crippen LogP contribution in [0.4, 0.5) is 0 Å². The normalized spacial score (nSPS) is 15.4. The van der Waals surface area contributed by atoms with Crippen molar-refractivity contribution in [3.05, 3.63) is 180 Å². The van der Waals surface area contributed by atoms with Crippen LogP contribution in [0, 0.1) is 0 Å². The van der Waals surface area contributed by atoms with Gasteiger partial charge in [0, 0.05) is 36.8 Å². The molecule has 49 heavy (non-hydrogen) atoms. The average molecular weight is 664 g/mol. The average Bonchev–Trinajstić information content (AvgIpc) is 3.53. The first kappa shape index (κ1) is 28.5. The largest absolute Gasteiger partial charge is 0.360 e. The van der Waals surface area contributed by atoms with E-state index in [2.05, 4.69) is 174 Å². The Bertz CT molecular complexity index is 2640. The maximum atomic E-state index is 5.17. The van der Waals surface area contributed by atoms with Crippen molar-refractivity contribution >= 4 is 67.5 Å². The fourth-order valence-corrected chi connectivity index (χ4v) is 9.57. The monoisotopic (exact) mass is 663 g/mol. The van der Waals surface area contributed by atoms with Gasteiger partial charge in [0.2, 0.25) is 0 Å². The molecule has 0 spiro atoms. The Labute approximate surface area is 293 Å². The maximum Gasteiger partial charge on any atom is 0.145 e. The Balaban J connectivity index is 1.19. The number of rotatable bonds is 4. The number of aromatic nitrogens is 1. The van der Waals surface area contributed by atoms with Crippen LogP contribution in [-0.2, 0) is 0 Å². The van der Waals surface area contributed by atoms with Crippen LogP contribution in [0.3, 0.4) is 0 Å². The van der Waals surface area contributed by atoms with Gasteiger partial charge < -0.3 is 9.88 Å². The summed E-state index contributed by atoms with van der Waals surface area (Å²) in [4.78, 5) is 10.4. The molecule has 0 aliphatic carbocycles. The van der Waals surface area contributed by atoms with E-state index in [4.69, 9.17) is 4.99 Å². The molecular weight excluding hydrogens is 635 g/mol. The van der Waals surface area contributed by atoms with Crippen LogP contribution in [0.25, 0.3) is 44.0 Å². The highest BCUT2D eigenvalue weighted by Gasteiger charge is 2.25. The van der Waals surface area contributed by atoms with Gasteiger partial charge in [-0.1, -0.05) is 145 Å². The maximum absolute atomic E-state index is 5.17. The van der Waals surface area contributed by atoms with Crippen molar-refractivity contribution in [2.75, 3.05) is 0 Å². The van der Waals surface area contributed by atoms with E-state index in [-0.39, 0.29) is 6.17 Å². The molecular formula is C44H29N3S2. The number of hydrogen-bond acceptors (Lipinski definition) is 4. The van der Waals surface area contributed by atoms with Gasteiger partial charge in [0.1, 0.15) is 6.17 Å². The summed E-state index contributed by atoms with van der Waals surface area (Å²) in [6, 6.07) is 56.7. The fraction of sp³-hybridized carbons (Fsp3) is 0.0227. The summed E-state index contributed by atoms with van der Waals surface area (Å²) in [6.07, 6.45) is 2.00. The molecule has 2 aliphatic rings. The van der Waals surface area contributed by atoms with Gasteiger partial charge in [-0.15, -0.1) is 0 Å². The predicted octanol–water partition coefficient (Wildman–Crippen LogP) is 11.7. The molecule has 3 nitrogen and oxygen atoms in total. The van der Waals surface area contributed by atoms with Crippen molar-refractivity contribution in [3.8, 4) is 5.69 Å². The minimum absolute atomic E-state index is 0.194. The summed E-state index contributed by atoms with van der Waals surface area (Å²) in [6.45, 7) is 0. The molecule has 0 bridgehead atoms. The molecule has 232 valence electrons. The lowest BCUT2D eigenvalue weighted by Crippen LogP contribution is -2.24. The van der Waals surface area contributed by atoms with E-state index in [9.17, 15) is 0 Å². The quantitative estimate of drug-likeness (QED) is 0.203. The van der Waals surface area contributed by atoms with Gasteiger partial charge in [-0.3, -0.25) is 4.99 Å². The lowest BCUT2D eigenvalue weighted by Gasteiger charge is -2.25. The van der Waals surface area contributed by atoms with Crippen LogP contribution in [0.5, 0.6) is 0 Å². The highest BCUT2D eigenvalue weighted by molar-refractivity contribution is 8.05. The van der Waals surface area contributed by atoms with Crippen molar-refractivity contribution in [2.24, 2.45) is 4.99 Å². The topological polar surface area (TPSA) is 29.3 Å². The standard InChI is InChI=1S/C44H29N3S2/c1-3-13-29(14-4-1)35-27-36(46-44(45-35)30-15-5-2-6-16-30)31-17-11-18-32(26-31)47-37-24-22-28-12-7-8-19-33(28)41(37)34-23-25-40-43(42(34)47)49-39-21-10-9-20-38(39)48-40/h1-27,44,46H. The van der Waals surface area contributed by atoms with E-state index < -0.39 is 0 Å². The van der Waals surface area contributed by atoms with Crippen molar-refractivity contribution in [1.82, 2.24) is 9.88 Å². The number of aliphatic imine (C=N–C) groups is 1. The van der Waals surface area contributed by atoms with Gasteiger partial charge in [-0.05, 0) is 69.9 Å². The molecule has 1 unspecified atom stereocenters. The molecule has 10 rings (SSSR count). The second-order valence-electron chi connectivity index (χ2n) is 12.4. The molecule has 1 aromatic heterocycles. The highest BCUT2D eigenvalue weighted by Crippen LogP contribution is 2.53. The molecule has 2 aliphatic heterocycles. The summed E-state index contributed by atoms with van der Waals surface area (Å²) < 4.78 is 2.49. The first-order valence-electron chi connectivity index (χ1n) is 16.5. The van der Waals surface area contributed by atoms with Gasteiger partial charge in [-0.25, -0.2) is 0 Å². The van der Waals surface area contributed by atoms with E-state index in [1.54, 1.807) is 0 Å². The first-order valence-corrected chi connectivity index (χ1v) is 18.1. The zero-order valence-electron chi connectivity index (χ0n) is 26.4. The Kier molecular flexibility index (Phi) is 6.74. The first-order chi connectivity index (χ1) is 24.3. The second-order valence-corrected chi connectivity index (χ2v) is 14.5. The van der Waals surface area contributed by atoms with Crippen molar-refractivity contribution in [2.45, 2.75) is 25.7 Å². The third-order valence-corrected chi connectivity index (χ3v) is 12.0. The number of nitrogens with zero attached hydrogens (tertiary/aromatic N) is 2. The number of allylic oxidation sites excluding steroid dienone is 1. The summed E-state index contributed by atoms with van der Waals surface area (Å²) in [5.74, 6) is 0. The third-order valence-electron chi connectivity index (χ3n) is 9.46. The molecule has 5 heteroatoms. The van der Waals surface area contributed by atoms with Crippen LogP contribution in [0.1, 0.15) is 22.9 Å². The molecule has 1 N–H and O–H groups in total. The summed E-state index contributed by atoms with van der Waals surface area (Å²) in [7, 11) is 0. The minimum atomic E-state index is -0.194. The molecule has 3 heterocycles. The van der Waals surface area contributed by atoms with Crippen molar-refractivity contribution in [1.29, 1.82) is 0 Å². The molecule has 0 amide bonds. The van der Waals surface area contributed by atoms with Crippen LogP contribution in [-0.4, -0.2) is 10.3 Å². The summed E-state index contributed by atoms with van der Waals surface area (Å²) in [5.41, 5.74) is 8.98. The lowest BCUT2D eigenvalue weighted by molar-refractivity contribution is 0.664. The SMILES string of the molecule is C1=C(c2cccc(-n3c4ccc5ccccc5c4c4ccc5c(c43)Sc3ccccc3S5)c2)NC(c2ccccc2)N=C1c1ccccc1. The van der Waals surface area contributed by atoms with Crippen LogP contribution in [0.2, 0.25) is 0 Å². The van der Waals surface area contributed by atoms with Gasteiger partial charge in [0.05, 0.1) is 21.6 Å². The Hall–Kier alpha value is -5.49. The van der Waals surface area contributed by atoms with Gasteiger partial charge in [0.15, 0.2) is 0 Å². The van der Waals surface area contributed by atoms with E-state index in [1.165, 1.54) is 52.2 Å². The van der Waals surface area contributed by atoms with Gasteiger partial charge >= 0.3 is 0 Å². The minimum Gasteiger partial charge on any atom is -0.360 e. The molecule has 0 saturated heterocycles. The number of fused-ring (bicyclic) bond motifs is 8. The molecule has 0 fully saturated rings. The lowest BCUT2D eigenvalue weighted by atomic mass is 10.0. The zero-order chi connectivity index (χ0) is 32.3. The number of benzene rings is 7. The zero-order valence-corrected chi connectivity index (χ0v) is 28.0. The Morgan fingerprint density at radius 1 is 0.571 bits per heavy atom. The molecule has 7 aromatic carbocycles. The molecule has 8 aromatic rings. The number of nitrogens with one attached hydrogen (secondary N) is 1. The van der Waals surface area contributed by atoms with E-state index >= 15 is 0 Å². The number of hydrogen-bond donors (Lipinski definition) is 1. The van der Waals surface area contributed by atoms with E-state index in [1.807, 2.05) is 23.5 Å². The van der Waals surface area contributed by atoms with Gasteiger partial charge in [0.25, 0.3) is 0 Å². The molecule has 0 radical (unpaired) electrons. The van der Waals surface area contributed by atoms with Crippen molar-refractivity contribution in [3.63, 3.8) is 0 Å². The third kappa shape index (κ3) is 4.80. The Morgan fingerprint density at radius 2 is 1.31 bits per heavy atom. The van der Waals surface area contributed by atoms with E-state index in [0.29, 0.717) is 0 Å². The van der Waals surface area contributed by atoms with E-state index in [0.717, 1.165) is 33.8 Å². The fourth-order valence-electron chi connectivity index (χ4n) is 7.19. The van der Waals surface area contributed by atoms with Crippen LogP contribution in [0.15, 0.2) is 188 Å². The summed E-state index contributed by atoms with van der Waals surface area (Å²) >= 11 is 3.76. The van der Waals surface area contributed by atoms with Crippen LogP contribution < -0.4 is 5.32 Å². The second kappa shape index (κ2) is 11.6. The van der Waals surface area contributed by atoms with Crippen LogP contribution >= 0.6 is 23.5 Å².